The van der Waals surface area contributed by atoms with Crippen LogP contribution in [0.1, 0.15) is 21.5 Å². The Bertz CT molecular complexity index is 427. The number of carbonyl (C=O) groups excluding carboxylic acids is 1. The summed E-state index contributed by atoms with van der Waals surface area (Å²) in [6.45, 7) is 2.95. The summed E-state index contributed by atoms with van der Waals surface area (Å²) in [4.78, 5) is 10.9. The van der Waals surface area contributed by atoms with E-state index in [4.69, 9.17) is 5.73 Å². The Morgan fingerprint density at radius 3 is 2.25 bits per heavy atom. The minimum atomic E-state index is -4.74. The molecule has 0 bridgehead atoms. The molecule has 2 N–H and O–H groups in total. The molecule has 0 fully saturated rings. The van der Waals surface area contributed by atoms with Crippen molar-refractivity contribution >= 4 is 5.91 Å². The predicted molar refractivity (Wildman–Crippen MR) is 51.1 cm³/mol. The van der Waals surface area contributed by atoms with Crippen molar-refractivity contribution < 1.29 is 22.7 Å². The highest BCUT2D eigenvalue weighted by molar-refractivity contribution is 5.94. The number of hydrogen-bond donors (Lipinski definition) is 1. The number of benzene rings is 1. The van der Waals surface area contributed by atoms with Crippen molar-refractivity contribution in [2.45, 2.75) is 20.2 Å². The second kappa shape index (κ2) is 4.03. The zero-order valence-electron chi connectivity index (χ0n) is 8.68. The lowest BCUT2D eigenvalue weighted by Gasteiger charge is -2.14. The first-order chi connectivity index (χ1) is 7.22. The first-order valence-electron chi connectivity index (χ1n) is 4.38. The number of rotatable bonds is 2. The van der Waals surface area contributed by atoms with E-state index in [-0.39, 0.29) is 16.9 Å². The maximum Gasteiger partial charge on any atom is 0.573 e. The SMILES string of the molecule is Cc1c(OC(F)(F)F)ccc(C(N)=O)c1C. The van der Waals surface area contributed by atoms with Crippen LogP contribution in [0.25, 0.3) is 0 Å². The van der Waals surface area contributed by atoms with Crippen LogP contribution in [-0.4, -0.2) is 12.3 Å². The molecule has 6 heteroatoms. The molecule has 0 unspecified atom stereocenters. The predicted octanol–water partition coefficient (Wildman–Crippen LogP) is 2.30. The Labute approximate surface area is 90.0 Å². The number of nitrogens with two attached hydrogens (primary N) is 1. The second-order valence-corrected chi connectivity index (χ2v) is 3.27. The molecular formula is C10H10F3NO2. The Morgan fingerprint density at radius 1 is 1.25 bits per heavy atom. The van der Waals surface area contributed by atoms with E-state index in [0.29, 0.717) is 5.56 Å². The molecule has 1 amide bonds. The molecule has 0 atom stereocenters. The molecule has 0 saturated heterocycles. The molecule has 88 valence electrons. The van der Waals surface area contributed by atoms with E-state index >= 15 is 0 Å². The largest absolute Gasteiger partial charge is 0.573 e. The van der Waals surface area contributed by atoms with Gasteiger partial charge in [0.1, 0.15) is 5.75 Å². The van der Waals surface area contributed by atoms with Gasteiger partial charge in [0.05, 0.1) is 0 Å². The molecule has 0 spiro atoms. The fraction of sp³-hybridized carbons (Fsp3) is 0.300. The Morgan fingerprint density at radius 2 is 1.81 bits per heavy atom. The summed E-state index contributed by atoms with van der Waals surface area (Å²) in [6, 6.07) is 2.29. The lowest BCUT2D eigenvalue weighted by molar-refractivity contribution is -0.274. The molecule has 0 saturated carbocycles. The summed E-state index contributed by atoms with van der Waals surface area (Å²) in [6.07, 6.45) is -4.74. The van der Waals surface area contributed by atoms with Gasteiger partial charge < -0.3 is 10.5 Å². The van der Waals surface area contributed by atoms with Crippen LogP contribution in [0.15, 0.2) is 12.1 Å². The summed E-state index contributed by atoms with van der Waals surface area (Å²) in [5, 5.41) is 0. The van der Waals surface area contributed by atoms with Gasteiger partial charge in [-0.3, -0.25) is 4.79 Å². The highest BCUT2D eigenvalue weighted by Crippen LogP contribution is 2.29. The average Bonchev–Trinajstić information content (AvgIpc) is 2.10. The van der Waals surface area contributed by atoms with Gasteiger partial charge in [-0.15, -0.1) is 13.2 Å². The van der Waals surface area contributed by atoms with E-state index in [9.17, 15) is 18.0 Å². The summed E-state index contributed by atoms with van der Waals surface area (Å²) >= 11 is 0. The van der Waals surface area contributed by atoms with Gasteiger partial charge in [0, 0.05) is 5.56 Å². The zero-order valence-corrected chi connectivity index (χ0v) is 8.68. The number of amides is 1. The third-order valence-electron chi connectivity index (χ3n) is 2.23. The van der Waals surface area contributed by atoms with Gasteiger partial charge >= 0.3 is 6.36 Å². The van der Waals surface area contributed by atoms with Gasteiger partial charge in [0.2, 0.25) is 5.91 Å². The van der Waals surface area contributed by atoms with E-state index in [1.54, 1.807) is 0 Å². The topological polar surface area (TPSA) is 52.3 Å². The average molecular weight is 233 g/mol. The molecule has 0 radical (unpaired) electrons. The minimum Gasteiger partial charge on any atom is -0.406 e. The summed E-state index contributed by atoms with van der Waals surface area (Å²) < 4.78 is 39.8. The van der Waals surface area contributed by atoms with Crippen LogP contribution in [0.2, 0.25) is 0 Å². The first-order valence-corrected chi connectivity index (χ1v) is 4.38. The highest BCUT2D eigenvalue weighted by atomic mass is 19.4. The van der Waals surface area contributed by atoms with Crippen LogP contribution < -0.4 is 10.5 Å². The van der Waals surface area contributed by atoms with Crippen LogP contribution >= 0.6 is 0 Å². The van der Waals surface area contributed by atoms with Crippen molar-refractivity contribution in [1.82, 2.24) is 0 Å². The van der Waals surface area contributed by atoms with Crippen LogP contribution in [0, 0.1) is 13.8 Å². The molecule has 1 aromatic rings. The fourth-order valence-corrected chi connectivity index (χ4v) is 1.30. The zero-order chi connectivity index (χ0) is 12.5. The minimum absolute atomic E-state index is 0.187. The third kappa shape index (κ3) is 2.65. The van der Waals surface area contributed by atoms with E-state index in [1.807, 2.05) is 0 Å². The van der Waals surface area contributed by atoms with Crippen molar-refractivity contribution in [2.24, 2.45) is 5.73 Å². The van der Waals surface area contributed by atoms with E-state index < -0.39 is 12.3 Å². The molecular weight excluding hydrogens is 223 g/mol. The Hall–Kier alpha value is -1.72. The van der Waals surface area contributed by atoms with E-state index in [2.05, 4.69) is 4.74 Å². The number of hydrogen-bond acceptors (Lipinski definition) is 2. The lowest BCUT2D eigenvalue weighted by Crippen LogP contribution is -2.19. The molecule has 0 aromatic heterocycles. The Balaban J connectivity index is 3.17. The van der Waals surface area contributed by atoms with Gasteiger partial charge in [0.25, 0.3) is 0 Å². The summed E-state index contributed by atoms with van der Waals surface area (Å²) in [5.74, 6) is -1.01. The molecule has 1 aromatic carbocycles. The van der Waals surface area contributed by atoms with Crippen LogP contribution in [0.4, 0.5) is 13.2 Å². The monoisotopic (exact) mass is 233 g/mol. The standard InChI is InChI=1S/C10H10F3NO2/c1-5-6(2)8(16-10(11,12)13)4-3-7(5)9(14)15/h3-4H,1-2H3,(H2,14,15). The molecule has 16 heavy (non-hydrogen) atoms. The maximum atomic E-state index is 12.0. The highest BCUT2D eigenvalue weighted by Gasteiger charge is 2.32. The van der Waals surface area contributed by atoms with Crippen LogP contribution in [0.5, 0.6) is 5.75 Å². The van der Waals surface area contributed by atoms with Gasteiger partial charge in [-0.05, 0) is 37.1 Å². The van der Waals surface area contributed by atoms with Crippen molar-refractivity contribution in [3.63, 3.8) is 0 Å². The van der Waals surface area contributed by atoms with E-state index in [1.165, 1.54) is 19.9 Å². The van der Waals surface area contributed by atoms with Crippen molar-refractivity contribution in [3.05, 3.63) is 28.8 Å². The van der Waals surface area contributed by atoms with Gasteiger partial charge in [-0.2, -0.15) is 0 Å². The molecule has 0 aliphatic heterocycles. The van der Waals surface area contributed by atoms with Crippen molar-refractivity contribution in [1.29, 1.82) is 0 Å². The normalized spacial score (nSPS) is 11.3. The van der Waals surface area contributed by atoms with Crippen LogP contribution in [-0.2, 0) is 0 Å². The third-order valence-corrected chi connectivity index (χ3v) is 2.23. The Kier molecular flexibility index (Phi) is 3.11. The smallest absolute Gasteiger partial charge is 0.406 e. The summed E-state index contributed by atoms with van der Waals surface area (Å²) in [5.41, 5.74) is 5.87. The quantitative estimate of drug-likeness (QED) is 0.852. The number of primary amides is 1. The molecule has 0 aliphatic rings. The molecule has 3 nitrogen and oxygen atoms in total. The van der Waals surface area contributed by atoms with E-state index in [0.717, 1.165) is 6.07 Å². The molecule has 1 rings (SSSR count). The van der Waals surface area contributed by atoms with Crippen LogP contribution in [0.3, 0.4) is 0 Å². The number of alkyl halides is 3. The first kappa shape index (κ1) is 12.4. The number of ether oxygens (including phenoxy) is 1. The maximum absolute atomic E-state index is 12.0. The molecule has 0 aliphatic carbocycles. The number of halogens is 3. The van der Waals surface area contributed by atoms with Gasteiger partial charge in [-0.25, -0.2) is 0 Å². The van der Waals surface area contributed by atoms with Crippen molar-refractivity contribution in [2.75, 3.05) is 0 Å². The summed E-state index contributed by atoms with van der Waals surface area (Å²) in [7, 11) is 0. The lowest BCUT2D eigenvalue weighted by atomic mass is 10.0. The molecule has 0 heterocycles. The van der Waals surface area contributed by atoms with Crippen molar-refractivity contribution in [3.8, 4) is 5.75 Å². The van der Waals surface area contributed by atoms with Gasteiger partial charge in [0.15, 0.2) is 0 Å². The fourth-order valence-electron chi connectivity index (χ4n) is 1.30. The second-order valence-electron chi connectivity index (χ2n) is 3.27. The number of carbonyl (C=O) groups is 1. The van der Waals surface area contributed by atoms with Gasteiger partial charge in [-0.1, -0.05) is 0 Å².